The Kier molecular flexibility index (Phi) is 18.3. The lowest BCUT2D eigenvalue weighted by atomic mass is 10.0. The second-order valence-electron chi connectivity index (χ2n) is 20.5. The minimum absolute atomic E-state index is 0.0151. The molecule has 94 heavy (non-hydrogen) atoms. The summed E-state index contributed by atoms with van der Waals surface area (Å²) in [5, 5.41) is 52.1. The number of benzene rings is 10. The van der Waals surface area contributed by atoms with Crippen LogP contribution in [-0.4, -0.2) is 80.3 Å². The van der Waals surface area contributed by atoms with Crippen molar-refractivity contribution in [1.82, 2.24) is 44.9 Å². The Labute approximate surface area is 534 Å². The summed E-state index contributed by atoms with van der Waals surface area (Å²) in [6, 6.07) is 69.2. The van der Waals surface area contributed by atoms with Crippen molar-refractivity contribution in [3.63, 3.8) is 0 Å². The summed E-state index contributed by atoms with van der Waals surface area (Å²) in [6.45, 7) is 0. The number of nitrogens with zero attached hydrogens (tertiary/aromatic N) is 11. The number of ether oxygens (including phenoxy) is 2. The van der Waals surface area contributed by atoms with E-state index in [1.54, 1.807) is 97.1 Å². The maximum atomic E-state index is 13.3. The van der Waals surface area contributed by atoms with Crippen LogP contribution in [0, 0.1) is 22.7 Å². The molecule has 0 radical (unpaired) electrons. The van der Waals surface area contributed by atoms with E-state index in [2.05, 4.69) is 50.9 Å². The number of para-hydroxylation sites is 1. The first-order valence-corrected chi connectivity index (χ1v) is 28.5. The first-order valence-electron chi connectivity index (χ1n) is 28.5. The van der Waals surface area contributed by atoms with E-state index in [-0.39, 0.29) is 45.8 Å². The van der Waals surface area contributed by atoms with Crippen molar-refractivity contribution in [2.45, 2.75) is 6.18 Å². The lowest BCUT2D eigenvalue weighted by Crippen LogP contribution is -2.10. The molecular formula is C73H49F3N12O6. The van der Waals surface area contributed by atoms with Gasteiger partial charge in [-0.3, -0.25) is 4.79 Å². The van der Waals surface area contributed by atoms with Gasteiger partial charge in [0.05, 0.1) is 59.7 Å². The van der Waals surface area contributed by atoms with Gasteiger partial charge in [-0.25, -0.2) is 44.9 Å². The number of nitrogens with two attached hydrogens (primary N) is 1. The number of amides is 1. The van der Waals surface area contributed by atoms with Crippen LogP contribution in [0.2, 0.25) is 0 Å². The van der Waals surface area contributed by atoms with Gasteiger partial charge in [-0.05, 0) is 95.7 Å². The number of methoxy groups -OCH3 is 2. The first kappa shape index (κ1) is 62.3. The van der Waals surface area contributed by atoms with Gasteiger partial charge in [0.1, 0.15) is 17.2 Å². The zero-order valence-corrected chi connectivity index (χ0v) is 49.6. The molecule has 0 saturated heterocycles. The summed E-state index contributed by atoms with van der Waals surface area (Å²) >= 11 is 0. The van der Waals surface area contributed by atoms with E-state index in [1.165, 1.54) is 38.5 Å². The number of fused-ring (bicyclic) bond motifs is 1. The normalized spacial score (nSPS) is 10.8. The number of aromatic hydroxyl groups is 3. The standard InChI is InChI=1S/C26H18N4O2.C24H15F3N4O2.C23H16N4O2/c27-23(32)16-10-12-18(13-11-16)25-28-24(17-6-2-1-3-7-17)29-26(30-25)21-14-19-8-4-5-9-20(19)15-22(21)31;1-33-18-8-9-19(20(32)12-18)23-30-21(15-5-2-4-14(10-15)13-28)29-22(31-23)16-6-3-7-17(11-16)24(25,26)27;1-29-19-12-6-11-18(20(19)28)23-26-21(16-8-3-2-4-9-16)25-22(27-23)17-10-5-7-15(13-17)14-24/h1-15,31H,(H2,27,32);2-12,32H,1H3;2-13,28H,1H3. The van der Waals surface area contributed by atoms with E-state index in [0.717, 1.165) is 34.0 Å². The molecule has 3 heterocycles. The Morgan fingerprint density at radius 2 is 0.819 bits per heavy atom. The molecule has 0 aliphatic heterocycles. The van der Waals surface area contributed by atoms with E-state index in [9.17, 15) is 43.8 Å². The monoisotopic (exact) mass is 1250 g/mol. The van der Waals surface area contributed by atoms with Crippen molar-refractivity contribution in [3.8, 4) is 143 Å². The Balaban J connectivity index is 0.000000144. The highest BCUT2D eigenvalue weighted by atomic mass is 19.4. The molecule has 1 amide bonds. The van der Waals surface area contributed by atoms with Gasteiger partial charge in [0.2, 0.25) is 5.91 Å². The third-order valence-corrected chi connectivity index (χ3v) is 14.4. The molecule has 0 unspecified atom stereocenters. The Morgan fingerprint density at radius 3 is 1.30 bits per heavy atom. The Hall–Kier alpha value is -13.3. The highest BCUT2D eigenvalue weighted by molar-refractivity contribution is 5.93. The van der Waals surface area contributed by atoms with Gasteiger partial charge in [-0.2, -0.15) is 23.7 Å². The zero-order valence-electron chi connectivity index (χ0n) is 49.6. The number of hydrogen-bond acceptors (Lipinski definition) is 17. The minimum atomic E-state index is -4.54. The van der Waals surface area contributed by atoms with E-state index in [4.69, 9.17) is 15.2 Å². The third-order valence-electron chi connectivity index (χ3n) is 14.4. The van der Waals surface area contributed by atoms with Crippen LogP contribution < -0.4 is 15.2 Å². The van der Waals surface area contributed by atoms with E-state index in [0.29, 0.717) is 91.0 Å². The molecule has 10 aromatic carbocycles. The third kappa shape index (κ3) is 14.2. The van der Waals surface area contributed by atoms with Crippen LogP contribution in [0.25, 0.3) is 113 Å². The molecule has 0 aliphatic carbocycles. The van der Waals surface area contributed by atoms with Crippen LogP contribution in [-0.2, 0) is 6.18 Å². The molecule has 458 valence electrons. The fourth-order valence-corrected chi connectivity index (χ4v) is 9.61. The summed E-state index contributed by atoms with van der Waals surface area (Å²) in [7, 11) is 2.93. The summed E-state index contributed by atoms with van der Waals surface area (Å²) in [5.74, 6) is 2.74. The van der Waals surface area contributed by atoms with Crippen molar-refractivity contribution in [2.75, 3.05) is 14.2 Å². The second-order valence-corrected chi connectivity index (χ2v) is 20.5. The van der Waals surface area contributed by atoms with Gasteiger partial charge in [-0.15, -0.1) is 0 Å². The number of phenols is 3. The van der Waals surface area contributed by atoms with Crippen molar-refractivity contribution < 1.29 is 42.8 Å². The van der Waals surface area contributed by atoms with Gasteiger partial charge >= 0.3 is 6.18 Å². The predicted octanol–water partition coefficient (Wildman–Crippen LogP) is 14.8. The number of nitriles is 2. The van der Waals surface area contributed by atoms with Crippen molar-refractivity contribution in [3.05, 3.63) is 253 Å². The van der Waals surface area contributed by atoms with E-state index < -0.39 is 17.6 Å². The largest absolute Gasteiger partial charge is 0.507 e. The van der Waals surface area contributed by atoms with Crippen LogP contribution in [0.1, 0.15) is 27.0 Å². The molecule has 0 fully saturated rings. The fraction of sp³-hybridized carbons (Fsp3) is 0.0411. The van der Waals surface area contributed by atoms with Gasteiger partial charge < -0.3 is 30.5 Å². The molecule has 0 saturated carbocycles. The smallest absolute Gasteiger partial charge is 0.416 e. The van der Waals surface area contributed by atoms with Crippen LogP contribution in [0.15, 0.2) is 231 Å². The van der Waals surface area contributed by atoms with Crippen LogP contribution in [0.3, 0.4) is 0 Å². The molecule has 5 N–H and O–H groups in total. The molecule has 13 aromatic rings. The number of alkyl halides is 3. The lowest BCUT2D eigenvalue weighted by Gasteiger charge is -2.11. The van der Waals surface area contributed by atoms with Gasteiger partial charge in [0.15, 0.2) is 63.9 Å². The summed E-state index contributed by atoms with van der Waals surface area (Å²) in [6.07, 6.45) is -4.54. The van der Waals surface area contributed by atoms with Crippen LogP contribution in [0.4, 0.5) is 13.2 Å². The topological polar surface area (TPSA) is 286 Å². The van der Waals surface area contributed by atoms with Crippen LogP contribution in [0.5, 0.6) is 28.7 Å². The summed E-state index contributed by atoms with van der Waals surface area (Å²) in [5.41, 5.74) is 10.6. The Morgan fingerprint density at radius 1 is 0.404 bits per heavy atom. The number of primary amides is 1. The molecule has 0 atom stereocenters. The van der Waals surface area contributed by atoms with Gasteiger partial charge in [-0.1, -0.05) is 140 Å². The fourth-order valence-electron chi connectivity index (χ4n) is 9.61. The molecule has 13 rings (SSSR count). The number of phenolic OH excluding ortho intramolecular Hbond substituents is 3. The first-order chi connectivity index (χ1) is 45.5. The van der Waals surface area contributed by atoms with Crippen molar-refractivity contribution in [2.24, 2.45) is 5.73 Å². The second kappa shape index (κ2) is 27.6. The highest BCUT2D eigenvalue weighted by Crippen LogP contribution is 2.39. The number of rotatable bonds is 12. The maximum absolute atomic E-state index is 13.3. The minimum Gasteiger partial charge on any atom is -0.507 e. The number of halogens is 3. The lowest BCUT2D eigenvalue weighted by molar-refractivity contribution is -0.137. The molecule has 0 bridgehead atoms. The summed E-state index contributed by atoms with van der Waals surface area (Å²) in [4.78, 5) is 52.2. The number of carbonyl (C=O) groups is 1. The predicted molar refractivity (Wildman–Crippen MR) is 347 cm³/mol. The molecule has 21 heteroatoms. The molecular weight excluding hydrogens is 1200 g/mol. The van der Waals surface area contributed by atoms with Gasteiger partial charge in [0.25, 0.3) is 0 Å². The average Bonchev–Trinajstić information content (AvgIpc) is 0.865. The molecule has 0 spiro atoms. The SMILES string of the molecule is COc1ccc(-c2nc(-c3cccc(C#N)c3)nc(-c3cccc(C(F)(F)F)c3)n2)c(O)c1.COc1cccc(-c2nc(-c3ccccc3)nc(-c3cccc(C#N)c3)n2)c1O.NC(=O)c1ccc(-c2nc(-c3ccccc3)nc(-c3cc4ccccc4cc3O)n2)cc1. The molecule has 18 nitrogen and oxygen atoms in total. The molecule has 0 aliphatic rings. The van der Waals surface area contributed by atoms with Gasteiger partial charge in [0, 0.05) is 45.0 Å². The van der Waals surface area contributed by atoms with E-state index >= 15 is 0 Å². The van der Waals surface area contributed by atoms with Crippen LogP contribution >= 0.6 is 0 Å². The molecule has 3 aromatic heterocycles. The number of hydrogen-bond donors (Lipinski definition) is 4. The number of aromatic nitrogens is 9. The highest BCUT2D eigenvalue weighted by Gasteiger charge is 2.31. The number of carbonyl (C=O) groups excluding carboxylic acids is 1. The van der Waals surface area contributed by atoms with Crippen molar-refractivity contribution >= 4 is 16.7 Å². The quantitative estimate of drug-likeness (QED) is 0.0884. The zero-order chi connectivity index (χ0) is 65.9. The van der Waals surface area contributed by atoms with E-state index in [1.807, 2.05) is 103 Å². The summed E-state index contributed by atoms with van der Waals surface area (Å²) < 4.78 is 50.1. The van der Waals surface area contributed by atoms with Crippen molar-refractivity contribution in [1.29, 1.82) is 10.5 Å². The Bertz CT molecular complexity index is 5050. The average molecular weight is 1250 g/mol. The maximum Gasteiger partial charge on any atom is 0.416 e.